The van der Waals surface area contributed by atoms with Crippen molar-refractivity contribution in [2.75, 3.05) is 11.2 Å². The summed E-state index contributed by atoms with van der Waals surface area (Å²) in [7, 11) is 0. The van der Waals surface area contributed by atoms with Gasteiger partial charge in [0, 0.05) is 23.6 Å². The number of aromatic amines is 1. The van der Waals surface area contributed by atoms with Crippen LogP contribution in [0.4, 0.5) is 5.82 Å². The fraction of sp³-hybridized carbons (Fsp3) is 0.182. The van der Waals surface area contributed by atoms with Gasteiger partial charge in [0.2, 0.25) is 11.9 Å². The number of H-pyrrole nitrogens is 1. The summed E-state index contributed by atoms with van der Waals surface area (Å²) >= 11 is 5.95. The maximum Gasteiger partial charge on any atom is 0.252 e. The predicted octanol–water partition coefficient (Wildman–Crippen LogP) is 4.09. The molecular weight excluding hydrogens is 418 g/mol. The molecule has 0 atom stereocenters. The highest BCUT2D eigenvalue weighted by Crippen LogP contribution is 2.27. The average molecular weight is 438 g/mol. The van der Waals surface area contributed by atoms with Gasteiger partial charge in [-0.15, -0.1) is 11.6 Å². The van der Waals surface area contributed by atoms with Crippen LogP contribution in [-0.2, 0) is 4.79 Å². The minimum Gasteiger partial charge on any atom is -0.463 e. The van der Waals surface area contributed by atoms with Gasteiger partial charge in [-0.05, 0) is 26.0 Å². The number of carbonyl (C=O) groups excluding carboxylic acids is 1. The van der Waals surface area contributed by atoms with Crippen LogP contribution < -0.4 is 10.9 Å². The third-order valence-electron chi connectivity index (χ3n) is 4.67. The van der Waals surface area contributed by atoms with Gasteiger partial charge >= 0.3 is 0 Å². The number of halogens is 1. The number of rotatable bonds is 6. The van der Waals surface area contributed by atoms with Gasteiger partial charge in [0.05, 0.1) is 17.4 Å². The van der Waals surface area contributed by atoms with Gasteiger partial charge in [-0.2, -0.15) is 9.78 Å². The van der Waals surface area contributed by atoms with Crippen LogP contribution in [0.2, 0.25) is 0 Å². The monoisotopic (exact) mass is 437 g/mol. The second-order valence-electron chi connectivity index (χ2n) is 7.60. The molecule has 0 aliphatic carbocycles. The zero-order valence-electron chi connectivity index (χ0n) is 16.9. The number of hydrogen-bond donors (Lipinski definition) is 2. The lowest BCUT2D eigenvalue weighted by molar-refractivity contribution is -0.123. The summed E-state index contributed by atoms with van der Waals surface area (Å²) in [6, 6.07) is 15.9. The van der Waals surface area contributed by atoms with Gasteiger partial charge in [-0.3, -0.25) is 14.6 Å². The van der Waals surface area contributed by atoms with Gasteiger partial charge in [-0.1, -0.05) is 30.3 Å². The average Bonchev–Trinajstić information content (AvgIpc) is 3.44. The minimum absolute atomic E-state index is 0.136. The van der Waals surface area contributed by atoms with Crippen molar-refractivity contribution in [3.8, 4) is 28.7 Å². The molecule has 1 amide bonds. The predicted molar refractivity (Wildman–Crippen MR) is 118 cm³/mol. The Bertz CT molecular complexity index is 1260. The molecule has 0 aliphatic rings. The molecule has 8 nitrogen and oxygen atoms in total. The maximum atomic E-state index is 12.7. The van der Waals surface area contributed by atoms with Crippen molar-refractivity contribution >= 4 is 23.3 Å². The number of amides is 1. The van der Waals surface area contributed by atoms with E-state index in [-0.39, 0.29) is 23.3 Å². The van der Waals surface area contributed by atoms with Crippen molar-refractivity contribution < 1.29 is 9.21 Å². The van der Waals surface area contributed by atoms with Crippen molar-refractivity contribution in [3.63, 3.8) is 0 Å². The number of hydrogen-bond acceptors (Lipinski definition) is 5. The highest BCUT2D eigenvalue weighted by atomic mass is 35.5. The molecule has 3 aromatic heterocycles. The molecule has 0 saturated carbocycles. The molecule has 0 radical (unpaired) electrons. The van der Waals surface area contributed by atoms with Gasteiger partial charge < -0.3 is 9.73 Å². The Morgan fingerprint density at radius 1 is 1.16 bits per heavy atom. The molecule has 9 heteroatoms. The lowest BCUT2D eigenvalue weighted by Crippen LogP contribution is -2.33. The summed E-state index contributed by atoms with van der Waals surface area (Å²) < 4.78 is 6.80. The highest BCUT2D eigenvalue weighted by molar-refractivity contribution is 6.20. The van der Waals surface area contributed by atoms with Gasteiger partial charge in [0.1, 0.15) is 11.5 Å². The number of alkyl halides is 1. The molecule has 0 spiro atoms. The van der Waals surface area contributed by atoms with Gasteiger partial charge in [0.15, 0.2) is 5.76 Å². The number of benzene rings is 1. The molecule has 4 rings (SSSR count). The normalized spacial score (nSPS) is 11.5. The fourth-order valence-corrected chi connectivity index (χ4v) is 2.95. The zero-order chi connectivity index (χ0) is 22.0. The molecule has 4 aromatic rings. The Morgan fingerprint density at radius 3 is 2.61 bits per heavy atom. The van der Waals surface area contributed by atoms with E-state index in [2.05, 4.69) is 20.4 Å². The van der Waals surface area contributed by atoms with Crippen LogP contribution in [0.1, 0.15) is 13.8 Å². The number of nitrogens with one attached hydrogen (secondary N) is 2. The Kier molecular flexibility index (Phi) is 5.48. The van der Waals surface area contributed by atoms with Crippen LogP contribution in [0.5, 0.6) is 0 Å². The topological polar surface area (TPSA) is 106 Å². The summed E-state index contributed by atoms with van der Waals surface area (Å²) in [5.41, 5.74) is 0.567. The number of carbonyl (C=O) groups is 1. The van der Waals surface area contributed by atoms with E-state index in [1.54, 1.807) is 32.0 Å². The standard InChI is InChI=1S/C22H20ClN5O3/c1-22(2,13-23)20(30)25-18-11-16(17-9-6-10-31-17)27-28(18)21-24-15(12-19(29)26-21)14-7-4-3-5-8-14/h3-12H,13H2,1-2H3,(H,25,30)(H,24,26,29). The summed E-state index contributed by atoms with van der Waals surface area (Å²) in [5.74, 6) is 0.825. The second kappa shape index (κ2) is 8.23. The van der Waals surface area contributed by atoms with E-state index in [1.165, 1.54) is 17.0 Å². The number of furan rings is 1. The van der Waals surface area contributed by atoms with Crippen LogP contribution in [-0.4, -0.2) is 31.5 Å². The summed E-state index contributed by atoms with van der Waals surface area (Å²) in [4.78, 5) is 32.4. The molecule has 0 aliphatic heterocycles. The molecule has 0 saturated heterocycles. The van der Waals surface area contributed by atoms with Crippen molar-refractivity contribution in [1.82, 2.24) is 19.7 Å². The molecule has 2 N–H and O–H groups in total. The molecule has 158 valence electrons. The quantitative estimate of drug-likeness (QED) is 0.442. The first-order valence-electron chi connectivity index (χ1n) is 9.56. The first kappa shape index (κ1) is 20.6. The molecule has 1 aromatic carbocycles. The molecular formula is C22H20ClN5O3. The summed E-state index contributed by atoms with van der Waals surface area (Å²) in [6.45, 7) is 3.47. The number of nitrogens with zero attached hydrogens (tertiary/aromatic N) is 3. The molecule has 3 heterocycles. The van der Waals surface area contributed by atoms with Crippen LogP contribution in [0.15, 0.2) is 70.1 Å². The highest BCUT2D eigenvalue weighted by Gasteiger charge is 2.28. The zero-order valence-corrected chi connectivity index (χ0v) is 17.7. The van der Waals surface area contributed by atoms with Crippen molar-refractivity contribution in [1.29, 1.82) is 0 Å². The van der Waals surface area contributed by atoms with Crippen LogP contribution in [0.3, 0.4) is 0 Å². The van der Waals surface area contributed by atoms with Crippen molar-refractivity contribution in [2.24, 2.45) is 5.41 Å². The SMILES string of the molecule is CC(C)(CCl)C(=O)Nc1cc(-c2ccco2)nn1-c1nc(-c2ccccc2)cc(=O)[nH]1. The molecule has 0 bridgehead atoms. The van der Waals surface area contributed by atoms with Crippen LogP contribution >= 0.6 is 11.6 Å². The lowest BCUT2D eigenvalue weighted by atomic mass is 9.95. The largest absolute Gasteiger partial charge is 0.463 e. The third kappa shape index (κ3) is 4.29. The van der Waals surface area contributed by atoms with E-state index in [0.29, 0.717) is 23.0 Å². The second-order valence-corrected chi connectivity index (χ2v) is 7.86. The summed E-state index contributed by atoms with van der Waals surface area (Å²) in [5, 5.41) is 7.34. The fourth-order valence-electron chi connectivity index (χ4n) is 2.82. The van der Waals surface area contributed by atoms with E-state index >= 15 is 0 Å². The Balaban J connectivity index is 1.83. The van der Waals surface area contributed by atoms with E-state index in [0.717, 1.165) is 5.56 Å². The van der Waals surface area contributed by atoms with Crippen molar-refractivity contribution in [3.05, 3.63) is 71.2 Å². The minimum atomic E-state index is -0.811. The maximum absolute atomic E-state index is 12.7. The van der Waals surface area contributed by atoms with E-state index in [9.17, 15) is 9.59 Å². The number of anilines is 1. The first-order chi connectivity index (χ1) is 14.9. The van der Waals surface area contributed by atoms with E-state index in [4.69, 9.17) is 16.0 Å². The third-order valence-corrected chi connectivity index (χ3v) is 5.34. The van der Waals surface area contributed by atoms with E-state index < -0.39 is 5.41 Å². The Labute approximate surface area is 182 Å². The van der Waals surface area contributed by atoms with Crippen LogP contribution in [0.25, 0.3) is 28.7 Å². The Hall–Kier alpha value is -3.65. The van der Waals surface area contributed by atoms with E-state index in [1.807, 2.05) is 30.3 Å². The van der Waals surface area contributed by atoms with Crippen LogP contribution in [0, 0.1) is 5.41 Å². The molecule has 0 fully saturated rings. The summed E-state index contributed by atoms with van der Waals surface area (Å²) in [6.07, 6.45) is 1.53. The van der Waals surface area contributed by atoms with Gasteiger partial charge in [0.25, 0.3) is 5.56 Å². The van der Waals surface area contributed by atoms with Crippen molar-refractivity contribution in [2.45, 2.75) is 13.8 Å². The number of aromatic nitrogens is 4. The lowest BCUT2D eigenvalue weighted by Gasteiger charge is -2.20. The first-order valence-corrected chi connectivity index (χ1v) is 10.1. The molecule has 0 unspecified atom stereocenters. The Morgan fingerprint density at radius 2 is 1.94 bits per heavy atom. The smallest absolute Gasteiger partial charge is 0.252 e. The van der Waals surface area contributed by atoms with Gasteiger partial charge in [-0.25, -0.2) is 4.98 Å². The molecule has 31 heavy (non-hydrogen) atoms.